The molecule has 4 heteroatoms. The van der Waals surface area contributed by atoms with Crippen LogP contribution in [-0.4, -0.2) is 15.8 Å². The molecular weight excluding hydrogens is 240 g/mol. The Kier molecular flexibility index (Phi) is 2.98. The molecule has 2 aromatic heterocycles. The highest BCUT2D eigenvalue weighted by molar-refractivity contribution is 5.72. The number of nitrogens with zero attached hydrogens (tertiary/aromatic N) is 2. The lowest BCUT2D eigenvalue weighted by Gasteiger charge is -2.04. The summed E-state index contributed by atoms with van der Waals surface area (Å²) < 4.78 is 7.42. The third-order valence-corrected chi connectivity index (χ3v) is 2.88. The van der Waals surface area contributed by atoms with Crippen molar-refractivity contribution in [2.45, 2.75) is 6.54 Å². The van der Waals surface area contributed by atoms with E-state index in [1.165, 1.54) is 0 Å². The Balaban J connectivity index is 1.89. The molecule has 94 valence electrons. The molecule has 1 aromatic carbocycles. The molecule has 0 aliphatic carbocycles. The molecule has 4 nitrogen and oxygen atoms in total. The van der Waals surface area contributed by atoms with Gasteiger partial charge in [0.25, 0.3) is 0 Å². The van der Waals surface area contributed by atoms with Gasteiger partial charge in [0.05, 0.1) is 6.33 Å². The Morgan fingerprint density at radius 3 is 2.95 bits per heavy atom. The van der Waals surface area contributed by atoms with E-state index in [1.54, 1.807) is 24.7 Å². The maximum Gasteiger partial charge on any atom is 0.185 e. The molecule has 2 heterocycles. The lowest BCUT2D eigenvalue weighted by atomic mass is 10.1. The standard InChI is InChI=1S/C15H12N2O2/c18-10-14-4-5-15(19-14)13-3-1-2-12(8-13)9-17-7-6-16-11-17/h1-8,10-11H,9H2. The number of carbonyl (C=O) groups excluding carboxylic acids is 1. The molecule has 0 aliphatic rings. The Morgan fingerprint density at radius 2 is 2.21 bits per heavy atom. The van der Waals surface area contributed by atoms with Gasteiger partial charge in [-0.15, -0.1) is 0 Å². The highest BCUT2D eigenvalue weighted by Gasteiger charge is 2.05. The summed E-state index contributed by atoms with van der Waals surface area (Å²) in [6, 6.07) is 11.5. The van der Waals surface area contributed by atoms with Gasteiger partial charge in [-0.1, -0.05) is 18.2 Å². The Morgan fingerprint density at radius 1 is 1.26 bits per heavy atom. The summed E-state index contributed by atoms with van der Waals surface area (Å²) in [5.74, 6) is 1.05. The van der Waals surface area contributed by atoms with Crippen LogP contribution in [0, 0.1) is 0 Å². The SMILES string of the molecule is O=Cc1ccc(-c2cccc(Cn3ccnc3)c2)o1. The zero-order valence-electron chi connectivity index (χ0n) is 10.2. The monoisotopic (exact) mass is 252 g/mol. The van der Waals surface area contributed by atoms with E-state index in [-0.39, 0.29) is 0 Å². The topological polar surface area (TPSA) is 48.0 Å². The summed E-state index contributed by atoms with van der Waals surface area (Å²) in [4.78, 5) is 14.6. The number of aldehydes is 1. The van der Waals surface area contributed by atoms with E-state index in [4.69, 9.17) is 4.42 Å². The van der Waals surface area contributed by atoms with E-state index in [2.05, 4.69) is 4.98 Å². The minimum Gasteiger partial charge on any atom is -0.453 e. The predicted octanol–water partition coefficient (Wildman–Crippen LogP) is 3.00. The first-order valence-electron chi connectivity index (χ1n) is 5.95. The molecule has 0 atom stereocenters. The van der Waals surface area contributed by atoms with Crippen molar-refractivity contribution >= 4 is 6.29 Å². The van der Waals surface area contributed by atoms with Crippen molar-refractivity contribution in [3.63, 3.8) is 0 Å². The number of benzene rings is 1. The fourth-order valence-electron chi connectivity index (χ4n) is 1.99. The highest BCUT2D eigenvalue weighted by Crippen LogP contribution is 2.22. The summed E-state index contributed by atoms with van der Waals surface area (Å²) in [6.07, 6.45) is 6.17. The number of imidazole rings is 1. The van der Waals surface area contributed by atoms with Gasteiger partial charge in [-0.05, 0) is 23.8 Å². The molecule has 19 heavy (non-hydrogen) atoms. The fourth-order valence-corrected chi connectivity index (χ4v) is 1.99. The minimum atomic E-state index is 0.343. The quantitative estimate of drug-likeness (QED) is 0.670. The van der Waals surface area contributed by atoms with E-state index in [0.29, 0.717) is 17.8 Å². The zero-order valence-corrected chi connectivity index (χ0v) is 10.2. The van der Waals surface area contributed by atoms with Crippen LogP contribution in [0.1, 0.15) is 16.1 Å². The van der Waals surface area contributed by atoms with Gasteiger partial charge in [0, 0.05) is 24.5 Å². The molecular formula is C15H12N2O2. The first kappa shape index (κ1) is 11.5. The first-order valence-corrected chi connectivity index (χ1v) is 5.95. The maximum absolute atomic E-state index is 10.6. The van der Waals surface area contributed by atoms with Gasteiger partial charge in [0.2, 0.25) is 0 Å². The molecule has 3 aromatic rings. The van der Waals surface area contributed by atoms with Crippen molar-refractivity contribution in [2.24, 2.45) is 0 Å². The van der Waals surface area contributed by atoms with Crippen LogP contribution in [0.25, 0.3) is 11.3 Å². The molecule has 0 N–H and O–H groups in total. The van der Waals surface area contributed by atoms with Crippen LogP contribution < -0.4 is 0 Å². The summed E-state index contributed by atoms with van der Waals surface area (Å²) >= 11 is 0. The van der Waals surface area contributed by atoms with E-state index in [0.717, 1.165) is 17.7 Å². The number of hydrogen-bond donors (Lipinski definition) is 0. The molecule has 3 rings (SSSR count). The van der Waals surface area contributed by atoms with Gasteiger partial charge in [0.15, 0.2) is 12.0 Å². The summed E-state index contributed by atoms with van der Waals surface area (Å²) in [7, 11) is 0. The van der Waals surface area contributed by atoms with Crippen LogP contribution in [0.3, 0.4) is 0 Å². The lowest BCUT2D eigenvalue weighted by molar-refractivity contribution is 0.110. The van der Waals surface area contributed by atoms with Gasteiger partial charge in [-0.25, -0.2) is 4.98 Å². The second-order valence-electron chi connectivity index (χ2n) is 4.26. The Labute approximate surface area is 110 Å². The van der Waals surface area contributed by atoms with E-state index < -0.39 is 0 Å². The van der Waals surface area contributed by atoms with Crippen molar-refractivity contribution < 1.29 is 9.21 Å². The van der Waals surface area contributed by atoms with E-state index in [1.807, 2.05) is 35.0 Å². The number of rotatable bonds is 4. The molecule has 0 radical (unpaired) electrons. The van der Waals surface area contributed by atoms with Gasteiger partial charge in [-0.2, -0.15) is 0 Å². The first-order chi connectivity index (χ1) is 9.35. The van der Waals surface area contributed by atoms with Crippen LogP contribution in [0.15, 0.2) is 59.5 Å². The molecule has 0 spiro atoms. The molecule has 0 amide bonds. The number of aromatic nitrogens is 2. The van der Waals surface area contributed by atoms with E-state index in [9.17, 15) is 4.79 Å². The summed E-state index contributed by atoms with van der Waals surface area (Å²) in [5, 5.41) is 0. The zero-order chi connectivity index (χ0) is 13.1. The Bertz CT molecular complexity index is 684. The van der Waals surface area contributed by atoms with Gasteiger partial charge in [-0.3, -0.25) is 4.79 Å². The van der Waals surface area contributed by atoms with Crippen molar-refractivity contribution in [1.82, 2.24) is 9.55 Å². The lowest BCUT2D eigenvalue weighted by Crippen LogP contribution is -1.96. The molecule has 0 fully saturated rings. The third-order valence-electron chi connectivity index (χ3n) is 2.88. The predicted molar refractivity (Wildman–Crippen MR) is 70.9 cm³/mol. The molecule has 0 saturated heterocycles. The van der Waals surface area contributed by atoms with E-state index >= 15 is 0 Å². The maximum atomic E-state index is 10.6. The van der Waals surface area contributed by atoms with Gasteiger partial charge in [0.1, 0.15) is 5.76 Å². The fraction of sp³-hybridized carbons (Fsp3) is 0.0667. The minimum absolute atomic E-state index is 0.343. The van der Waals surface area contributed by atoms with Crippen LogP contribution in [0.5, 0.6) is 0 Å². The second-order valence-corrected chi connectivity index (χ2v) is 4.26. The highest BCUT2D eigenvalue weighted by atomic mass is 16.3. The van der Waals surface area contributed by atoms with Crippen LogP contribution >= 0.6 is 0 Å². The normalized spacial score (nSPS) is 10.5. The molecule has 0 saturated carbocycles. The molecule has 0 aliphatic heterocycles. The van der Waals surface area contributed by atoms with Crippen LogP contribution in [0.2, 0.25) is 0 Å². The average Bonchev–Trinajstić information content (AvgIpc) is 3.09. The Hall–Kier alpha value is -2.62. The number of carbonyl (C=O) groups is 1. The third kappa shape index (κ3) is 2.47. The van der Waals surface area contributed by atoms with Crippen molar-refractivity contribution in [3.8, 4) is 11.3 Å². The smallest absolute Gasteiger partial charge is 0.185 e. The van der Waals surface area contributed by atoms with Gasteiger partial charge < -0.3 is 8.98 Å². The van der Waals surface area contributed by atoms with Crippen LogP contribution in [0.4, 0.5) is 0 Å². The van der Waals surface area contributed by atoms with Crippen LogP contribution in [-0.2, 0) is 6.54 Å². The molecule has 0 unspecified atom stereocenters. The average molecular weight is 252 g/mol. The van der Waals surface area contributed by atoms with Gasteiger partial charge >= 0.3 is 0 Å². The molecule has 0 bridgehead atoms. The number of hydrogen-bond acceptors (Lipinski definition) is 3. The second kappa shape index (κ2) is 4.94. The van der Waals surface area contributed by atoms with Crippen molar-refractivity contribution in [3.05, 3.63) is 66.4 Å². The number of furan rings is 1. The summed E-state index contributed by atoms with van der Waals surface area (Å²) in [6.45, 7) is 0.759. The largest absolute Gasteiger partial charge is 0.453 e. The van der Waals surface area contributed by atoms with Crippen molar-refractivity contribution in [1.29, 1.82) is 0 Å². The summed E-state index contributed by atoms with van der Waals surface area (Å²) in [5.41, 5.74) is 2.12. The van der Waals surface area contributed by atoms with Crippen molar-refractivity contribution in [2.75, 3.05) is 0 Å².